The van der Waals surface area contributed by atoms with Gasteiger partial charge in [0.1, 0.15) is 0 Å². The first kappa shape index (κ1) is 22.5. The summed E-state index contributed by atoms with van der Waals surface area (Å²) in [5, 5.41) is 7.99. The van der Waals surface area contributed by atoms with E-state index in [9.17, 15) is 4.79 Å². The second kappa shape index (κ2) is 13.1. The van der Waals surface area contributed by atoms with Crippen molar-refractivity contribution in [3.05, 3.63) is 0 Å². The Balaban J connectivity index is -0.0000000417. The average molecular weight is 160 g/mol. The van der Waals surface area contributed by atoms with Crippen molar-refractivity contribution in [2.24, 2.45) is 5.92 Å². The fourth-order valence-electron chi connectivity index (χ4n) is 0. The molecule has 0 aromatic rings. The van der Waals surface area contributed by atoms with E-state index in [1.807, 2.05) is 0 Å². The van der Waals surface area contributed by atoms with Gasteiger partial charge < -0.3 is 5.11 Å². The van der Waals surface area contributed by atoms with Gasteiger partial charge in [0.15, 0.2) is 0 Å². The van der Waals surface area contributed by atoms with Crippen LogP contribution in [0.1, 0.15) is 13.8 Å². The van der Waals surface area contributed by atoms with E-state index in [-0.39, 0.29) is 94.6 Å². The first-order valence-electron chi connectivity index (χ1n) is 1.87. The topological polar surface area (TPSA) is 37.3 Å². The van der Waals surface area contributed by atoms with E-state index >= 15 is 0 Å². The quantitative estimate of drug-likeness (QED) is 0.488. The molecule has 0 radical (unpaired) electrons. The summed E-state index contributed by atoms with van der Waals surface area (Å²) in [5.41, 5.74) is 0. The van der Waals surface area contributed by atoms with Crippen LogP contribution in [-0.2, 0) is 4.79 Å². The minimum absolute atomic E-state index is 0. The van der Waals surface area contributed by atoms with Gasteiger partial charge in [-0.2, -0.15) is 0 Å². The Morgan fingerprint density at radius 3 is 1.33 bits per heavy atom. The molecule has 0 rings (SSSR count). The first-order valence-corrected chi connectivity index (χ1v) is 1.87. The number of carboxylic acid groups (broad SMARTS) is 1. The molecule has 0 amide bonds. The molecule has 0 aliphatic carbocycles. The van der Waals surface area contributed by atoms with Gasteiger partial charge in [-0.1, -0.05) is 13.8 Å². The Bertz CT molecular complexity index is 64.8. The Kier molecular flexibility index (Phi) is 32.8. The van der Waals surface area contributed by atoms with Gasteiger partial charge in [-0.05, 0) is 0 Å². The molecule has 0 bridgehead atoms. The fraction of sp³-hybridized carbons (Fsp3) is 0.750. The van der Waals surface area contributed by atoms with Gasteiger partial charge >= 0.3 is 94.6 Å². The third kappa shape index (κ3) is 17.9. The summed E-state index contributed by atoms with van der Waals surface area (Å²) in [7, 11) is 0. The van der Waals surface area contributed by atoms with Crippen LogP contribution in [0.3, 0.4) is 0 Å². The Hall–Kier alpha value is 2.47. The maximum absolute atomic E-state index is 9.70. The van der Waals surface area contributed by atoms with Crippen molar-refractivity contribution in [1.82, 2.24) is 0 Å². The van der Waals surface area contributed by atoms with Gasteiger partial charge in [-0.15, -0.1) is 0 Å². The summed E-state index contributed by atoms with van der Waals surface area (Å²) < 4.78 is 0. The zero-order valence-corrected chi connectivity index (χ0v) is 3.93. The molecule has 0 spiro atoms. The second-order valence-corrected chi connectivity index (χ2v) is 1.49. The molecule has 1 N–H and O–H groups in total. The van der Waals surface area contributed by atoms with Crippen LogP contribution >= 0.6 is 0 Å². The summed E-state index contributed by atoms with van der Waals surface area (Å²) in [5.74, 6) is -0.972. The minimum atomic E-state index is -0.741. The molecule has 0 saturated heterocycles. The summed E-state index contributed by atoms with van der Waals surface area (Å²) in [4.78, 5) is 9.70. The molecule has 9 heavy (non-hydrogen) atoms. The van der Waals surface area contributed by atoms with Crippen molar-refractivity contribution in [3.8, 4) is 0 Å². The van der Waals surface area contributed by atoms with Crippen LogP contribution in [0.5, 0.6) is 0 Å². The Labute approximate surface area is 122 Å². The van der Waals surface area contributed by atoms with Gasteiger partial charge in [-0.25, -0.2) is 0 Å². The molecule has 0 atom stereocenters. The van der Waals surface area contributed by atoms with Crippen molar-refractivity contribution in [2.75, 3.05) is 0 Å². The van der Waals surface area contributed by atoms with Gasteiger partial charge in [-0.3, -0.25) is 4.79 Å². The molecule has 0 aromatic heterocycles. The van der Waals surface area contributed by atoms with Gasteiger partial charge in [0.25, 0.3) is 0 Å². The first-order chi connectivity index (χ1) is 2.64. The standard InChI is InChI=1S/C4H8O2.3Na.3H/c1-3(2)4(5)6;;;;;;/h3H,1-2H3,(H,5,6);;;;;;. The molecule has 0 heterocycles. The van der Waals surface area contributed by atoms with E-state index in [0.717, 1.165) is 0 Å². The second-order valence-electron chi connectivity index (χ2n) is 1.49. The van der Waals surface area contributed by atoms with Crippen molar-refractivity contribution in [3.63, 3.8) is 0 Å². The van der Waals surface area contributed by atoms with E-state index in [4.69, 9.17) is 5.11 Å². The van der Waals surface area contributed by atoms with Gasteiger partial charge in [0.05, 0.1) is 5.92 Å². The SMILES string of the molecule is CC(C)C(=O)O.[NaH].[NaH].[NaH]. The third-order valence-corrected chi connectivity index (χ3v) is 0.494. The molecule has 2 nitrogen and oxygen atoms in total. The zero-order chi connectivity index (χ0) is 5.15. The maximum atomic E-state index is 9.70. The van der Waals surface area contributed by atoms with E-state index < -0.39 is 5.97 Å². The number of rotatable bonds is 1. The monoisotopic (exact) mass is 160 g/mol. The zero-order valence-electron chi connectivity index (χ0n) is 3.93. The van der Waals surface area contributed by atoms with Crippen LogP contribution in [0.15, 0.2) is 0 Å². The number of hydrogen-bond acceptors (Lipinski definition) is 1. The van der Waals surface area contributed by atoms with Crippen LogP contribution in [-0.4, -0.2) is 99.7 Å². The third-order valence-electron chi connectivity index (χ3n) is 0.494. The molecule has 0 aromatic carbocycles. The summed E-state index contributed by atoms with van der Waals surface area (Å²) in [6, 6.07) is 0. The van der Waals surface area contributed by atoms with Gasteiger partial charge in [0.2, 0.25) is 0 Å². The molecular weight excluding hydrogens is 149 g/mol. The average Bonchev–Trinajstić information content (AvgIpc) is 1.36. The predicted octanol–water partition coefficient (Wildman–Crippen LogP) is -1.22. The molecule has 0 unspecified atom stereocenters. The number of hydrogen-bond donors (Lipinski definition) is 1. The van der Waals surface area contributed by atoms with Crippen LogP contribution in [0.25, 0.3) is 0 Å². The molecular formula is C4H11Na3O2. The Morgan fingerprint density at radius 1 is 1.22 bits per heavy atom. The normalized spacial score (nSPS) is 6.11. The van der Waals surface area contributed by atoms with Crippen molar-refractivity contribution in [1.29, 1.82) is 0 Å². The predicted molar refractivity (Wildman–Crippen MR) is 43.9 cm³/mol. The van der Waals surface area contributed by atoms with Crippen LogP contribution in [0.4, 0.5) is 0 Å². The fourth-order valence-corrected chi connectivity index (χ4v) is 0. The summed E-state index contributed by atoms with van der Waals surface area (Å²) in [6.45, 7) is 3.28. The van der Waals surface area contributed by atoms with Crippen LogP contribution in [0, 0.1) is 5.92 Å². The molecule has 0 aliphatic heterocycles. The molecule has 0 aliphatic rings. The summed E-state index contributed by atoms with van der Waals surface area (Å²) in [6.07, 6.45) is 0. The van der Waals surface area contributed by atoms with E-state index in [1.165, 1.54) is 0 Å². The molecule has 42 valence electrons. The number of carbonyl (C=O) groups is 1. The number of aliphatic carboxylic acids is 1. The summed E-state index contributed by atoms with van der Waals surface area (Å²) >= 11 is 0. The Morgan fingerprint density at radius 2 is 1.33 bits per heavy atom. The molecule has 5 heteroatoms. The van der Waals surface area contributed by atoms with Crippen molar-refractivity contribution < 1.29 is 9.90 Å². The van der Waals surface area contributed by atoms with Crippen LogP contribution < -0.4 is 0 Å². The van der Waals surface area contributed by atoms with Crippen molar-refractivity contribution in [2.45, 2.75) is 13.8 Å². The van der Waals surface area contributed by atoms with E-state index in [0.29, 0.717) is 0 Å². The van der Waals surface area contributed by atoms with E-state index in [1.54, 1.807) is 13.8 Å². The van der Waals surface area contributed by atoms with Crippen molar-refractivity contribution >= 4 is 94.6 Å². The van der Waals surface area contributed by atoms with Crippen LogP contribution in [0.2, 0.25) is 0 Å². The molecule has 0 saturated carbocycles. The van der Waals surface area contributed by atoms with E-state index in [2.05, 4.69) is 0 Å². The van der Waals surface area contributed by atoms with Gasteiger partial charge in [0, 0.05) is 0 Å². The number of carboxylic acids is 1. The molecule has 0 fully saturated rings.